The molecule has 0 fully saturated rings. The fourth-order valence-corrected chi connectivity index (χ4v) is 1.50. The van der Waals surface area contributed by atoms with Gasteiger partial charge in [-0.2, -0.15) is 0 Å². The molecular formula is C12H12N2O. The molecule has 0 amide bonds. The zero-order chi connectivity index (χ0) is 10.7. The summed E-state index contributed by atoms with van der Waals surface area (Å²) in [7, 11) is 0. The van der Waals surface area contributed by atoms with E-state index >= 15 is 0 Å². The van der Waals surface area contributed by atoms with Crippen LogP contribution in [0.15, 0.2) is 42.6 Å². The summed E-state index contributed by atoms with van der Waals surface area (Å²) in [5.74, 6) is 0.500. The molecule has 1 aromatic carbocycles. The van der Waals surface area contributed by atoms with Gasteiger partial charge in [0, 0.05) is 11.8 Å². The number of nitrogens with zero attached hydrogens (tertiary/aromatic N) is 1. The minimum atomic E-state index is 0.0283. The van der Waals surface area contributed by atoms with Crippen LogP contribution in [0.25, 0.3) is 11.1 Å². The molecule has 0 aliphatic heterocycles. The van der Waals surface area contributed by atoms with Gasteiger partial charge in [0.15, 0.2) is 0 Å². The van der Waals surface area contributed by atoms with Gasteiger partial charge in [0.1, 0.15) is 5.82 Å². The van der Waals surface area contributed by atoms with E-state index in [1.54, 1.807) is 12.3 Å². The first-order valence-electron chi connectivity index (χ1n) is 4.72. The van der Waals surface area contributed by atoms with E-state index in [-0.39, 0.29) is 6.61 Å². The lowest BCUT2D eigenvalue weighted by atomic mass is 10.0. The van der Waals surface area contributed by atoms with Gasteiger partial charge in [-0.15, -0.1) is 0 Å². The highest BCUT2D eigenvalue weighted by Crippen LogP contribution is 2.23. The Morgan fingerprint density at radius 3 is 2.60 bits per heavy atom. The number of hydrogen-bond donors (Lipinski definition) is 2. The summed E-state index contributed by atoms with van der Waals surface area (Å²) in [4.78, 5) is 4.03. The van der Waals surface area contributed by atoms with E-state index in [1.807, 2.05) is 30.3 Å². The topological polar surface area (TPSA) is 59.1 Å². The average Bonchev–Trinajstić information content (AvgIpc) is 2.30. The molecule has 3 heteroatoms. The Labute approximate surface area is 88.2 Å². The number of nitrogens with two attached hydrogens (primary N) is 1. The maximum absolute atomic E-state index is 9.19. The van der Waals surface area contributed by atoms with Crippen molar-refractivity contribution in [1.29, 1.82) is 0 Å². The predicted octanol–water partition coefficient (Wildman–Crippen LogP) is 1.82. The monoisotopic (exact) mass is 200 g/mol. The van der Waals surface area contributed by atoms with E-state index in [9.17, 15) is 5.11 Å². The van der Waals surface area contributed by atoms with Crippen LogP contribution in [0.3, 0.4) is 0 Å². The predicted molar refractivity (Wildman–Crippen MR) is 60.0 cm³/mol. The lowest BCUT2D eigenvalue weighted by molar-refractivity contribution is 0.282. The number of aliphatic hydroxyl groups excluding tert-OH is 1. The number of rotatable bonds is 2. The number of hydrogen-bond acceptors (Lipinski definition) is 3. The number of benzene rings is 1. The van der Waals surface area contributed by atoms with Crippen LogP contribution < -0.4 is 5.73 Å². The van der Waals surface area contributed by atoms with Crippen molar-refractivity contribution in [3.05, 3.63) is 48.2 Å². The molecule has 1 aromatic heterocycles. The molecule has 1 heterocycles. The maximum Gasteiger partial charge on any atom is 0.123 e. The molecule has 2 aromatic rings. The fraction of sp³-hybridized carbons (Fsp3) is 0.0833. The third-order valence-electron chi connectivity index (χ3n) is 2.29. The van der Waals surface area contributed by atoms with Crippen molar-refractivity contribution in [1.82, 2.24) is 4.98 Å². The third kappa shape index (κ3) is 1.97. The molecule has 0 saturated carbocycles. The first kappa shape index (κ1) is 9.68. The van der Waals surface area contributed by atoms with Crippen molar-refractivity contribution in [3.63, 3.8) is 0 Å². The lowest BCUT2D eigenvalue weighted by Crippen LogP contribution is -1.92. The first-order valence-corrected chi connectivity index (χ1v) is 4.72. The van der Waals surface area contributed by atoms with Crippen LogP contribution in [0, 0.1) is 0 Å². The van der Waals surface area contributed by atoms with E-state index in [0.29, 0.717) is 5.82 Å². The average molecular weight is 200 g/mol. The lowest BCUT2D eigenvalue weighted by Gasteiger charge is -2.06. The van der Waals surface area contributed by atoms with Gasteiger partial charge >= 0.3 is 0 Å². The van der Waals surface area contributed by atoms with Gasteiger partial charge in [0.25, 0.3) is 0 Å². The Morgan fingerprint density at radius 2 is 1.93 bits per heavy atom. The van der Waals surface area contributed by atoms with Crippen molar-refractivity contribution < 1.29 is 5.11 Å². The van der Waals surface area contributed by atoms with E-state index in [1.165, 1.54) is 0 Å². The second-order valence-electron chi connectivity index (χ2n) is 3.29. The normalized spacial score (nSPS) is 10.2. The maximum atomic E-state index is 9.19. The molecule has 15 heavy (non-hydrogen) atoms. The van der Waals surface area contributed by atoms with E-state index < -0.39 is 0 Å². The van der Waals surface area contributed by atoms with Gasteiger partial charge in [-0.05, 0) is 23.3 Å². The summed E-state index contributed by atoms with van der Waals surface area (Å²) in [6.45, 7) is 0.0283. The number of pyridine rings is 1. The molecular weight excluding hydrogens is 188 g/mol. The minimum absolute atomic E-state index is 0.0283. The van der Waals surface area contributed by atoms with Crippen LogP contribution in [0.1, 0.15) is 5.56 Å². The zero-order valence-corrected chi connectivity index (χ0v) is 8.22. The van der Waals surface area contributed by atoms with Crippen LogP contribution >= 0.6 is 0 Å². The quantitative estimate of drug-likeness (QED) is 0.777. The highest BCUT2D eigenvalue weighted by Gasteiger charge is 2.03. The number of aliphatic hydroxyl groups is 1. The van der Waals surface area contributed by atoms with Crippen molar-refractivity contribution in [3.8, 4) is 11.1 Å². The van der Waals surface area contributed by atoms with Gasteiger partial charge in [-0.3, -0.25) is 0 Å². The van der Waals surface area contributed by atoms with Crippen molar-refractivity contribution in [2.45, 2.75) is 6.61 Å². The molecule has 0 unspecified atom stereocenters. The standard InChI is InChI=1S/C12H12N2O/c13-12-6-5-9(7-14-12)11-4-2-1-3-10(11)8-15/h1-7,15H,8H2,(H2,13,14). The molecule has 0 atom stereocenters. The van der Waals surface area contributed by atoms with Gasteiger partial charge in [-0.25, -0.2) is 4.98 Å². The smallest absolute Gasteiger partial charge is 0.123 e. The van der Waals surface area contributed by atoms with E-state index in [0.717, 1.165) is 16.7 Å². The SMILES string of the molecule is Nc1ccc(-c2ccccc2CO)cn1. The Bertz CT molecular complexity index is 451. The van der Waals surface area contributed by atoms with Crippen LogP contribution in [-0.4, -0.2) is 10.1 Å². The summed E-state index contributed by atoms with van der Waals surface area (Å²) in [6.07, 6.45) is 1.71. The second-order valence-corrected chi connectivity index (χ2v) is 3.29. The van der Waals surface area contributed by atoms with Gasteiger partial charge in [0.05, 0.1) is 6.61 Å². The van der Waals surface area contributed by atoms with Crippen LogP contribution in [0.2, 0.25) is 0 Å². The number of anilines is 1. The van der Waals surface area contributed by atoms with Gasteiger partial charge < -0.3 is 10.8 Å². The summed E-state index contributed by atoms with van der Waals surface area (Å²) in [6, 6.07) is 11.3. The molecule has 0 aliphatic rings. The third-order valence-corrected chi connectivity index (χ3v) is 2.29. The molecule has 3 nitrogen and oxygen atoms in total. The molecule has 0 radical (unpaired) electrons. The summed E-state index contributed by atoms with van der Waals surface area (Å²) in [5.41, 5.74) is 8.37. The Hall–Kier alpha value is -1.87. The Morgan fingerprint density at radius 1 is 1.13 bits per heavy atom. The van der Waals surface area contributed by atoms with Gasteiger partial charge in [-0.1, -0.05) is 24.3 Å². The van der Waals surface area contributed by atoms with Crippen molar-refractivity contribution in [2.24, 2.45) is 0 Å². The molecule has 0 saturated heterocycles. The highest BCUT2D eigenvalue weighted by molar-refractivity contribution is 5.67. The first-order chi connectivity index (χ1) is 7.31. The van der Waals surface area contributed by atoms with Crippen LogP contribution in [0.4, 0.5) is 5.82 Å². The van der Waals surface area contributed by atoms with Crippen LogP contribution in [0.5, 0.6) is 0 Å². The summed E-state index contributed by atoms with van der Waals surface area (Å²) in [5, 5.41) is 9.19. The van der Waals surface area contributed by atoms with Crippen molar-refractivity contribution >= 4 is 5.82 Å². The molecule has 0 spiro atoms. The minimum Gasteiger partial charge on any atom is -0.392 e. The summed E-state index contributed by atoms with van der Waals surface area (Å²) >= 11 is 0. The summed E-state index contributed by atoms with van der Waals surface area (Å²) < 4.78 is 0. The largest absolute Gasteiger partial charge is 0.392 e. The van der Waals surface area contributed by atoms with Crippen LogP contribution in [-0.2, 0) is 6.61 Å². The fourth-order valence-electron chi connectivity index (χ4n) is 1.50. The molecule has 0 bridgehead atoms. The van der Waals surface area contributed by atoms with Crippen molar-refractivity contribution in [2.75, 3.05) is 5.73 Å². The number of aromatic nitrogens is 1. The molecule has 0 aliphatic carbocycles. The Kier molecular flexibility index (Phi) is 2.65. The van der Waals surface area contributed by atoms with Gasteiger partial charge in [0.2, 0.25) is 0 Å². The molecule has 2 rings (SSSR count). The highest BCUT2D eigenvalue weighted by atomic mass is 16.3. The number of nitrogen functional groups attached to an aromatic ring is 1. The molecule has 76 valence electrons. The van der Waals surface area contributed by atoms with E-state index in [4.69, 9.17) is 5.73 Å². The van der Waals surface area contributed by atoms with E-state index in [2.05, 4.69) is 4.98 Å². The molecule has 3 N–H and O–H groups in total. The second kappa shape index (κ2) is 4.11. The zero-order valence-electron chi connectivity index (χ0n) is 8.22. The Balaban J connectivity index is 2.49.